The Morgan fingerprint density at radius 1 is 0.903 bits per heavy atom. The van der Waals surface area contributed by atoms with E-state index >= 15 is 0 Å². The fraction of sp³-hybridized carbons (Fsp3) is 0.231. The molecule has 1 N–H and O–H groups in total. The lowest BCUT2D eigenvalue weighted by molar-refractivity contribution is -0.119. The van der Waals surface area contributed by atoms with Gasteiger partial charge in [0.15, 0.2) is 6.61 Å². The number of carbonyl (C=O) groups is 2. The molecule has 3 rings (SSSR count). The summed E-state index contributed by atoms with van der Waals surface area (Å²) in [6, 6.07) is 22.4. The van der Waals surface area contributed by atoms with Gasteiger partial charge in [0.25, 0.3) is 5.91 Å². The monoisotopic (exact) mass is 417 g/mol. The molecule has 160 valence electrons. The van der Waals surface area contributed by atoms with Gasteiger partial charge in [0.05, 0.1) is 5.56 Å². The quantitative estimate of drug-likeness (QED) is 0.492. The van der Waals surface area contributed by atoms with Gasteiger partial charge in [0, 0.05) is 5.69 Å². The molecule has 31 heavy (non-hydrogen) atoms. The first-order valence-corrected chi connectivity index (χ1v) is 10.3. The zero-order valence-corrected chi connectivity index (χ0v) is 18.1. The Bertz CT molecular complexity index is 1030. The van der Waals surface area contributed by atoms with Gasteiger partial charge in [-0.15, -0.1) is 0 Å². The van der Waals surface area contributed by atoms with Gasteiger partial charge in [0.1, 0.15) is 12.4 Å². The Labute approximate surface area is 183 Å². The predicted molar refractivity (Wildman–Crippen MR) is 121 cm³/mol. The van der Waals surface area contributed by atoms with Gasteiger partial charge >= 0.3 is 5.97 Å². The number of carbonyl (C=O) groups excluding carboxylic acids is 2. The average Bonchev–Trinajstić information content (AvgIpc) is 2.78. The fourth-order valence-corrected chi connectivity index (χ4v) is 3.16. The number of hydrogen-bond acceptors (Lipinski definition) is 4. The topological polar surface area (TPSA) is 64.6 Å². The van der Waals surface area contributed by atoms with Gasteiger partial charge in [-0.05, 0) is 53.8 Å². The largest absolute Gasteiger partial charge is 0.489 e. The van der Waals surface area contributed by atoms with E-state index in [0.29, 0.717) is 17.9 Å². The van der Waals surface area contributed by atoms with Crippen LogP contribution in [0.2, 0.25) is 0 Å². The zero-order valence-electron chi connectivity index (χ0n) is 18.1. The maximum absolute atomic E-state index is 12.3. The molecule has 0 aliphatic heterocycles. The molecule has 0 saturated heterocycles. The van der Waals surface area contributed by atoms with Crippen molar-refractivity contribution in [3.8, 4) is 5.75 Å². The smallest absolute Gasteiger partial charge is 0.338 e. The van der Waals surface area contributed by atoms with Gasteiger partial charge in [-0.1, -0.05) is 62.4 Å². The Kier molecular flexibility index (Phi) is 7.44. The summed E-state index contributed by atoms with van der Waals surface area (Å²) in [6.07, 6.45) is 0. The first-order valence-electron chi connectivity index (χ1n) is 10.3. The van der Waals surface area contributed by atoms with Crippen LogP contribution in [-0.4, -0.2) is 18.5 Å². The minimum absolute atomic E-state index is 0.264. The molecule has 0 aliphatic rings. The third-order valence-electron chi connectivity index (χ3n) is 4.86. The highest BCUT2D eigenvalue weighted by Crippen LogP contribution is 2.27. The summed E-state index contributed by atoms with van der Waals surface area (Å²) in [5.41, 5.74) is 4.21. The molecule has 0 fully saturated rings. The molecular formula is C26H27NO4. The molecule has 3 aromatic rings. The van der Waals surface area contributed by atoms with E-state index < -0.39 is 5.97 Å². The van der Waals surface area contributed by atoms with Crippen molar-refractivity contribution in [3.63, 3.8) is 0 Å². The van der Waals surface area contributed by atoms with Crippen LogP contribution < -0.4 is 10.1 Å². The molecule has 0 radical (unpaired) electrons. The lowest BCUT2D eigenvalue weighted by Gasteiger charge is -2.16. The molecule has 0 aliphatic carbocycles. The van der Waals surface area contributed by atoms with E-state index in [1.165, 1.54) is 0 Å². The normalized spacial score (nSPS) is 10.6. The third kappa shape index (κ3) is 6.19. The number of aryl methyl sites for hydroxylation is 1. The fourth-order valence-electron chi connectivity index (χ4n) is 3.16. The molecule has 0 atom stereocenters. The molecule has 3 aromatic carbocycles. The van der Waals surface area contributed by atoms with E-state index in [0.717, 1.165) is 22.4 Å². The van der Waals surface area contributed by atoms with Crippen molar-refractivity contribution in [2.45, 2.75) is 33.3 Å². The third-order valence-corrected chi connectivity index (χ3v) is 4.86. The van der Waals surface area contributed by atoms with Crippen LogP contribution in [0, 0.1) is 6.92 Å². The molecule has 0 unspecified atom stereocenters. The Morgan fingerprint density at radius 3 is 2.29 bits per heavy atom. The van der Waals surface area contributed by atoms with E-state index in [-0.39, 0.29) is 18.4 Å². The lowest BCUT2D eigenvalue weighted by atomic mass is 9.98. The van der Waals surface area contributed by atoms with Gasteiger partial charge in [-0.3, -0.25) is 4.79 Å². The van der Waals surface area contributed by atoms with E-state index in [1.54, 1.807) is 24.3 Å². The number of para-hydroxylation sites is 1. The highest BCUT2D eigenvalue weighted by Gasteiger charge is 2.14. The van der Waals surface area contributed by atoms with Gasteiger partial charge < -0.3 is 14.8 Å². The Morgan fingerprint density at radius 2 is 1.61 bits per heavy atom. The number of hydrogen-bond donors (Lipinski definition) is 1. The summed E-state index contributed by atoms with van der Waals surface area (Å²) >= 11 is 0. The van der Waals surface area contributed by atoms with Crippen LogP contribution in [0.4, 0.5) is 5.69 Å². The van der Waals surface area contributed by atoms with Crippen LogP contribution in [0.25, 0.3) is 0 Å². The number of amides is 1. The summed E-state index contributed by atoms with van der Waals surface area (Å²) in [7, 11) is 0. The number of benzene rings is 3. The number of nitrogens with one attached hydrogen (secondary N) is 1. The number of ether oxygens (including phenoxy) is 2. The number of rotatable bonds is 8. The minimum atomic E-state index is -0.557. The molecule has 1 amide bonds. The van der Waals surface area contributed by atoms with Crippen LogP contribution in [0.5, 0.6) is 5.75 Å². The van der Waals surface area contributed by atoms with Crippen molar-refractivity contribution >= 4 is 17.6 Å². The van der Waals surface area contributed by atoms with E-state index in [9.17, 15) is 9.59 Å². The van der Waals surface area contributed by atoms with Crippen molar-refractivity contribution < 1.29 is 19.1 Å². The molecule has 0 heterocycles. The van der Waals surface area contributed by atoms with E-state index in [4.69, 9.17) is 9.47 Å². The highest BCUT2D eigenvalue weighted by atomic mass is 16.5. The van der Waals surface area contributed by atoms with E-state index in [2.05, 4.69) is 19.2 Å². The van der Waals surface area contributed by atoms with Gasteiger partial charge in [-0.25, -0.2) is 4.79 Å². The second-order valence-corrected chi connectivity index (χ2v) is 7.62. The van der Waals surface area contributed by atoms with Crippen molar-refractivity contribution in [2.75, 3.05) is 11.9 Å². The van der Waals surface area contributed by atoms with Crippen molar-refractivity contribution in [1.29, 1.82) is 0 Å². The first kappa shape index (κ1) is 22.1. The van der Waals surface area contributed by atoms with Crippen molar-refractivity contribution in [2.24, 2.45) is 0 Å². The maximum atomic E-state index is 12.3. The summed E-state index contributed by atoms with van der Waals surface area (Å²) in [5, 5.41) is 2.87. The minimum Gasteiger partial charge on any atom is -0.489 e. The Hall–Kier alpha value is -3.60. The maximum Gasteiger partial charge on any atom is 0.338 e. The van der Waals surface area contributed by atoms with E-state index in [1.807, 2.05) is 55.5 Å². The van der Waals surface area contributed by atoms with Crippen molar-refractivity contribution in [3.05, 3.63) is 95.1 Å². The lowest BCUT2D eigenvalue weighted by Crippen LogP contribution is -2.22. The zero-order chi connectivity index (χ0) is 22.2. The molecular weight excluding hydrogens is 390 g/mol. The molecule has 5 heteroatoms. The standard InChI is InChI=1S/C26H27NO4/c1-18(2)23-11-7-8-19(3)25(23)27-24(28)17-31-26(29)21-12-14-22(15-13-21)30-16-20-9-5-4-6-10-20/h4-15,18H,16-17H2,1-3H3,(H,27,28). The summed E-state index contributed by atoms with van der Waals surface area (Å²) < 4.78 is 10.9. The van der Waals surface area contributed by atoms with Crippen LogP contribution >= 0.6 is 0 Å². The SMILES string of the molecule is Cc1cccc(C(C)C)c1NC(=O)COC(=O)c1ccc(OCc2ccccc2)cc1. The molecule has 0 saturated carbocycles. The van der Waals surface area contributed by atoms with Crippen LogP contribution in [-0.2, 0) is 16.1 Å². The predicted octanol–water partition coefficient (Wildman–Crippen LogP) is 5.49. The average molecular weight is 418 g/mol. The molecule has 0 spiro atoms. The van der Waals surface area contributed by atoms with Crippen LogP contribution in [0.3, 0.4) is 0 Å². The molecule has 0 bridgehead atoms. The van der Waals surface area contributed by atoms with Crippen LogP contribution in [0.15, 0.2) is 72.8 Å². The second-order valence-electron chi connectivity index (χ2n) is 7.62. The molecule has 5 nitrogen and oxygen atoms in total. The summed E-state index contributed by atoms with van der Waals surface area (Å²) in [5.74, 6) is -0.00900. The Balaban J connectivity index is 1.52. The second kappa shape index (κ2) is 10.4. The first-order chi connectivity index (χ1) is 14.9. The number of esters is 1. The number of anilines is 1. The van der Waals surface area contributed by atoms with Gasteiger partial charge in [0.2, 0.25) is 0 Å². The molecule has 0 aromatic heterocycles. The summed E-state index contributed by atoms with van der Waals surface area (Å²) in [4.78, 5) is 24.6. The highest BCUT2D eigenvalue weighted by molar-refractivity contribution is 5.96. The van der Waals surface area contributed by atoms with Gasteiger partial charge in [-0.2, -0.15) is 0 Å². The van der Waals surface area contributed by atoms with Crippen molar-refractivity contribution in [1.82, 2.24) is 0 Å². The summed E-state index contributed by atoms with van der Waals surface area (Å²) in [6.45, 7) is 6.17. The van der Waals surface area contributed by atoms with Crippen LogP contribution in [0.1, 0.15) is 46.8 Å².